The number of carbonyl (C=O) groups excluding carboxylic acids is 1. The monoisotopic (exact) mass is 283 g/mol. The highest BCUT2D eigenvalue weighted by molar-refractivity contribution is 5.79. The standard InChI is InChI=1S/C16H33N3O/c1-4-19(5-2)11-7-8-13(3)18-16(20)15-10-6-9-14(15)12-17/h13-15H,4-12,17H2,1-3H3,(H,18,20). The van der Waals surface area contributed by atoms with E-state index in [4.69, 9.17) is 5.73 Å². The summed E-state index contributed by atoms with van der Waals surface area (Å²) in [6.45, 7) is 10.5. The smallest absolute Gasteiger partial charge is 0.223 e. The van der Waals surface area contributed by atoms with Crippen molar-refractivity contribution in [3.8, 4) is 0 Å². The summed E-state index contributed by atoms with van der Waals surface area (Å²) >= 11 is 0. The van der Waals surface area contributed by atoms with Crippen LogP contribution in [0, 0.1) is 11.8 Å². The molecular formula is C16H33N3O. The molecule has 0 spiro atoms. The van der Waals surface area contributed by atoms with E-state index in [1.165, 1.54) is 0 Å². The highest BCUT2D eigenvalue weighted by Gasteiger charge is 2.32. The van der Waals surface area contributed by atoms with Gasteiger partial charge in [-0.05, 0) is 64.7 Å². The third kappa shape index (κ3) is 5.41. The van der Waals surface area contributed by atoms with Gasteiger partial charge in [0, 0.05) is 12.0 Å². The van der Waals surface area contributed by atoms with Crippen LogP contribution in [-0.2, 0) is 4.79 Å². The van der Waals surface area contributed by atoms with Crippen LogP contribution in [0.15, 0.2) is 0 Å². The van der Waals surface area contributed by atoms with Crippen LogP contribution in [0.3, 0.4) is 0 Å². The molecule has 0 aromatic rings. The Morgan fingerprint density at radius 2 is 2.05 bits per heavy atom. The molecular weight excluding hydrogens is 250 g/mol. The van der Waals surface area contributed by atoms with Gasteiger partial charge in [0.05, 0.1) is 0 Å². The van der Waals surface area contributed by atoms with Crippen molar-refractivity contribution in [3.05, 3.63) is 0 Å². The van der Waals surface area contributed by atoms with Gasteiger partial charge in [-0.1, -0.05) is 20.3 Å². The highest BCUT2D eigenvalue weighted by Crippen LogP contribution is 2.31. The molecule has 0 aromatic heterocycles. The second-order valence-corrected chi connectivity index (χ2v) is 6.11. The summed E-state index contributed by atoms with van der Waals surface area (Å²) in [4.78, 5) is 14.7. The summed E-state index contributed by atoms with van der Waals surface area (Å²) in [5.41, 5.74) is 5.75. The summed E-state index contributed by atoms with van der Waals surface area (Å²) in [7, 11) is 0. The van der Waals surface area contributed by atoms with Gasteiger partial charge in [-0.3, -0.25) is 4.79 Å². The Balaban J connectivity index is 2.24. The maximum Gasteiger partial charge on any atom is 0.223 e. The molecule has 20 heavy (non-hydrogen) atoms. The third-order valence-electron chi connectivity index (χ3n) is 4.69. The first-order valence-corrected chi connectivity index (χ1v) is 8.35. The minimum atomic E-state index is 0.158. The highest BCUT2D eigenvalue weighted by atomic mass is 16.2. The first-order chi connectivity index (χ1) is 9.62. The number of hydrogen-bond acceptors (Lipinski definition) is 3. The maximum atomic E-state index is 12.3. The van der Waals surface area contributed by atoms with Crippen molar-refractivity contribution in [2.75, 3.05) is 26.2 Å². The predicted molar refractivity (Wildman–Crippen MR) is 84.5 cm³/mol. The van der Waals surface area contributed by atoms with Crippen molar-refractivity contribution in [1.82, 2.24) is 10.2 Å². The minimum absolute atomic E-state index is 0.158. The van der Waals surface area contributed by atoms with Gasteiger partial charge in [-0.2, -0.15) is 0 Å². The average Bonchev–Trinajstić information content (AvgIpc) is 2.92. The molecule has 1 saturated carbocycles. The largest absolute Gasteiger partial charge is 0.353 e. The Bertz CT molecular complexity index is 279. The molecule has 1 amide bonds. The van der Waals surface area contributed by atoms with Crippen LogP contribution >= 0.6 is 0 Å². The molecule has 1 rings (SSSR count). The minimum Gasteiger partial charge on any atom is -0.353 e. The van der Waals surface area contributed by atoms with Crippen molar-refractivity contribution in [1.29, 1.82) is 0 Å². The van der Waals surface area contributed by atoms with Crippen LogP contribution in [-0.4, -0.2) is 43.0 Å². The van der Waals surface area contributed by atoms with Crippen molar-refractivity contribution in [2.45, 2.75) is 58.9 Å². The van der Waals surface area contributed by atoms with E-state index in [9.17, 15) is 4.79 Å². The third-order valence-corrected chi connectivity index (χ3v) is 4.69. The first kappa shape index (κ1) is 17.4. The van der Waals surface area contributed by atoms with Gasteiger partial charge in [0.25, 0.3) is 0 Å². The molecule has 0 radical (unpaired) electrons. The fourth-order valence-corrected chi connectivity index (χ4v) is 3.25. The molecule has 4 nitrogen and oxygen atoms in total. The molecule has 0 heterocycles. The summed E-state index contributed by atoms with van der Waals surface area (Å²) < 4.78 is 0. The zero-order valence-electron chi connectivity index (χ0n) is 13.5. The molecule has 1 aliphatic rings. The number of amides is 1. The average molecular weight is 283 g/mol. The maximum absolute atomic E-state index is 12.3. The molecule has 0 saturated heterocycles. The Morgan fingerprint density at radius 1 is 1.35 bits per heavy atom. The van der Waals surface area contributed by atoms with Crippen LogP contribution in [0.5, 0.6) is 0 Å². The molecule has 4 heteroatoms. The van der Waals surface area contributed by atoms with Crippen molar-refractivity contribution >= 4 is 5.91 Å². The lowest BCUT2D eigenvalue weighted by Gasteiger charge is -2.22. The quantitative estimate of drug-likeness (QED) is 0.680. The molecule has 0 aromatic carbocycles. The Morgan fingerprint density at radius 3 is 2.65 bits per heavy atom. The van der Waals surface area contributed by atoms with Gasteiger partial charge < -0.3 is 16.0 Å². The van der Waals surface area contributed by atoms with Crippen molar-refractivity contribution in [2.24, 2.45) is 17.6 Å². The van der Waals surface area contributed by atoms with Gasteiger partial charge in [-0.25, -0.2) is 0 Å². The van der Waals surface area contributed by atoms with Gasteiger partial charge in [0.2, 0.25) is 5.91 Å². The second kappa shape index (κ2) is 9.35. The molecule has 3 atom stereocenters. The van der Waals surface area contributed by atoms with Crippen LogP contribution in [0.1, 0.15) is 52.9 Å². The fraction of sp³-hybridized carbons (Fsp3) is 0.938. The van der Waals surface area contributed by atoms with Crippen LogP contribution in [0.4, 0.5) is 0 Å². The molecule has 118 valence electrons. The SMILES string of the molecule is CCN(CC)CCCC(C)NC(=O)C1CCCC1CN. The van der Waals surface area contributed by atoms with Crippen molar-refractivity contribution in [3.63, 3.8) is 0 Å². The number of nitrogens with one attached hydrogen (secondary N) is 1. The first-order valence-electron chi connectivity index (χ1n) is 8.35. The van der Waals surface area contributed by atoms with E-state index in [0.717, 1.165) is 51.7 Å². The lowest BCUT2D eigenvalue weighted by Crippen LogP contribution is -2.40. The van der Waals surface area contributed by atoms with Gasteiger partial charge in [-0.15, -0.1) is 0 Å². The predicted octanol–water partition coefficient (Wildman–Crippen LogP) is 1.99. The van der Waals surface area contributed by atoms with Crippen molar-refractivity contribution < 1.29 is 4.79 Å². The number of nitrogens with two attached hydrogens (primary N) is 1. The van der Waals surface area contributed by atoms with Crippen LogP contribution in [0.25, 0.3) is 0 Å². The lowest BCUT2D eigenvalue weighted by atomic mass is 9.95. The van der Waals surface area contributed by atoms with Gasteiger partial charge in [0.1, 0.15) is 0 Å². The van der Waals surface area contributed by atoms with E-state index in [1.807, 2.05) is 0 Å². The zero-order chi connectivity index (χ0) is 15.0. The molecule has 0 aliphatic heterocycles. The molecule has 0 bridgehead atoms. The van der Waals surface area contributed by atoms with E-state index in [2.05, 4.69) is 31.0 Å². The molecule has 1 fully saturated rings. The zero-order valence-corrected chi connectivity index (χ0v) is 13.5. The summed E-state index contributed by atoms with van der Waals surface area (Å²) in [6.07, 6.45) is 5.48. The van der Waals surface area contributed by atoms with E-state index in [0.29, 0.717) is 12.5 Å². The van der Waals surface area contributed by atoms with Gasteiger partial charge >= 0.3 is 0 Å². The normalized spacial score (nSPS) is 24.1. The van der Waals surface area contributed by atoms with Gasteiger partial charge in [0.15, 0.2) is 0 Å². The fourth-order valence-electron chi connectivity index (χ4n) is 3.25. The Labute approximate surface area is 124 Å². The van der Waals surface area contributed by atoms with E-state index in [1.54, 1.807) is 0 Å². The lowest BCUT2D eigenvalue weighted by molar-refractivity contribution is -0.126. The van der Waals surface area contributed by atoms with E-state index < -0.39 is 0 Å². The Kier molecular flexibility index (Phi) is 8.15. The van der Waals surface area contributed by atoms with Crippen LogP contribution in [0.2, 0.25) is 0 Å². The summed E-state index contributed by atoms with van der Waals surface area (Å²) in [5.74, 6) is 0.788. The molecule has 3 unspecified atom stereocenters. The number of hydrogen-bond donors (Lipinski definition) is 2. The number of rotatable bonds is 9. The summed E-state index contributed by atoms with van der Waals surface area (Å²) in [6, 6.07) is 0.275. The molecule has 3 N–H and O–H groups in total. The topological polar surface area (TPSA) is 58.4 Å². The second-order valence-electron chi connectivity index (χ2n) is 6.11. The van der Waals surface area contributed by atoms with E-state index >= 15 is 0 Å². The van der Waals surface area contributed by atoms with Crippen LogP contribution < -0.4 is 11.1 Å². The Hall–Kier alpha value is -0.610. The molecule has 1 aliphatic carbocycles. The summed E-state index contributed by atoms with van der Waals surface area (Å²) in [5, 5.41) is 3.18. The van der Waals surface area contributed by atoms with E-state index in [-0.39, 0.29) is 17.9 Å². The number of carbonyl (C=O) groups is 1. The number of nitrogens with zero attached hydrogens (tertiary/aromatic N) is 1.